The molecule has 1 heterocycles. The van der Waals surface area contributed by atoms with Crippen molar-refractivity contribution in [3.63, 3.8) is 0 Å². The van der Waals surface area contributed by atoms with Gasteiger partial charge in [0.25, 0.3) is 0 Å². The highest BCUT2D eigenvalue weighted by Gasteiger charge is 2.15. The van der Waals surface area contributed by atoms with Gasteiger partial charge in [-0.1, -0.05) is 6.92 Å². The van der Waals surface area contributed by atoms with Gasteiger partial charge in [0, 0.05) is 19.0 Å². The highest BCUT2D eigenvalue weighted by molar-refractivity contribution is 5.78. The van der Waals surface area contributed by atoms with Crippen molar-refractivity contribution >= 4 is 5.78 Å². The molecule has 0 saturated carbocycles. The number of rotatable bonds is 5. The second-order valence-corrected chi connectivity index (χ2v) is 3.96. The predicted octanol–water partition coefficient (Wildman–Crippen LogP) is 1.32. The molecular formula is C11H21NO2. The molecule has 0 aromatic heterocycles. The minimum absolute atomic E-state index is 0.262. The maximum atomic E-state index is 11.2. The standard InChI is InChI=1S/C11H21NO2/c1-3-11(10(2)13)4-5-12-6-8-14-9-7-12/h11H,3-9H2,1-2H3. The average Bonchev–Trinajstić information content (AvgIpc) is 2.20. The minimum atomic E-state index is 0.262. The Bertz CT molecular complexity index is 176. The van der Waals surface area contributed by atoms with Gasteiger partial charge in [0.2, 0.25) is 0 Å². The largest absolute Gasteiger partial charge is 0.379 e. The molecule has 1 aliphatic heterocycles. The first-order valence-corrected chi connectivity index (χ1v) is 5.54. The summed E-state index contributed by atoms with van der Waals surface area (Å²) in [5.41, 5.74) is 0. The zero-order valence-electron chi connectivity index (χ0n) is 9.29. The molecule has 1 fully saturated rings. The smallest absolute Gasteiger partial charge is 0.132 e. The molecule has 1 aliphatic rings. The predicted molar refractivity (Wildman–Crippen MR) is 56.3 cm³/mol. The summed E-state index contributed by atoms with van der Waals surface area (Å²) in [7, 11) is 0. The Balaban J connectivity index is 2.20. The molecule has 1 rings (SSSR count). The van der Waals surface area contributed by atoms with E-state index in [4.69, 9.17) is 4.74 Å². The number of carbonyl (C=O) groups is 1. The second-order valence-electron chi connectivity index (χ2n) is 3.96. The van der Waals surface area contributed by atoms with Gasteiger partial charge in [-0.15, -0.1) is 0 Å². The lowest BCUT2D eigenvalue weighted by Gasteiger charge is -2.27. The van der Waals surface area contributed by atoms with Crippen molar-refractivity contribution in [3.05, 3.63) is 0 Å². The van der Waals surface area contributed by atoms with Gasteiger partial charge >= 0.3 is 0 Å². The molecule has 14 heavy (non-hydrogen) atoms. The van der Waals surface area contributed by atoms with E-state index in [0.29, 0.717) is 5.78 Å². The lowest BCUT2D eigenvalue weighted by molar-refractivity contribution is -0.121. The van der Waals surface area contributed by atoms with Crippen LogP contribution in [0.2, 0.25) is 0 Å². The first kappa shape index (κ1) is 11.7. The van der Waals surface area contributed by atoms with E-state index in [1.807, 2.05) is 0 Å². The fraction of sp³-hybridized carbons (Fsp3) is 0.909. The Hall–Kier alpha value is -0.410. The molecule has 0 amide bonds. The van der Waals surface area contributed by atoms with Crippen LogP contribution in [0.4, 0.5) is 0 Å². The summed E-state index contributed by atoms with van der Waals surface area (Å²) in [6.45, 7) is 8.57. The number of Topliss-reactive ketones (excluding diaryl/α,β-unsaturated/α-hetero) is 1. The van der Waals surface area contributed by atoms with E-state index in [2.05, 4.69) is 11.8 Å². The Morgan fingerprint density at radius 3 is 2.57 bits per heavy atom. The monoisotopic (exact) mass is 199 g/mol. The van der Waals surface area contributed by atoms with Gasteiger partial charge in [-0.25, -0.2) is 0 Å². The van der Waals surface area contributed by atoms with Crippen LogP contribution in [0.3, 0.4) is 0 Å². The summed E-state index contributed by atoms with van der Waals surface area (Å²) in [5.74, 6) is 0.596. The summed E-state index contributed by atoms with van der Waals surface area (Å²) in [6.07, 6.45) is 1.98. The fourth-order valence-corrected chi connectivity index (χ4v) is 1.86. The van der Waals surface area contributed by atoms with Gasteiger partial charge in [0.05, 0.1) is 13.2 Å². The van der Waals surface area contributed by atoms with Crippen LogP contribution in [0, 0.1) is 5.92 Å². The molecule has 1 unspecified atom stereocenters. The van der Waals surface area contributed by atoms with Crippen LogP contribution in [0.5, 0.6) is 0 Å². The number of nitrogens with zero attached hydrogens (tertiary/aromatic N) is 1. The molecule has 0 N–H and O–H groups in total. The summed E-state index contributed by atoms with van der Waals surface area (Å²) in [6, 6.07) is 0. The Morgan fingerprint density at radius 1 is 1.43 bits per heavy atom. The topological polar surface area (TPSA) is 29.5 Å². The molecule has 0 aromatic carbocycles. The molecule has 82 valence electrons. The van der Waals surface area contributed by atoms with Crippen LogP contribution < -0.4 is 0 Å². The minimum Gasteiger partial charge on any atom is -0.379 e. The molecule has 0 aliphatic carbocycles. The molecule has 3 heteroatoms. The zero-order valence-corrected chi connectivity index (χ0v) is 9.29. The fourth-order valence-electron chi connectivity index (χ4n) is 1.86. The van der Waals surface area contributed by atoms with Crippen LogP contribution >= 0.6 is 0 Å². The third-order valence-corrected chi connectivity index (χ3v) is 2.97. The molecule has 1 atom stereocenters. The van der Waals surface area contributed by atoms with Crippen LogP contribution in [0.25, 0.3) is 0 Å². The van der Waals surface area contributed by atoms with Gasteiger partial charge < -0.3 is 4.74 Å². The summed E-state index contributed by atoms with van der Waals surface area (Å²) >= 11 is 0. The lowest BCUT2D eigenvalue weighted by Crippen LogP contribution is -2.37. The third kappa shape index (κ3) is 3.76. The Morgan fingerprint density at radius 2 is 2.07 bits per heavy atom. The number of morpholine rings is 1. The van der Waals surface area contributed by atoms with E-state index in [0.717, 1.165) is 45.7 Å². The first-order chi connectivity index (χ1) is 6.74. The Labute approximate surface area is 86.4 Å². The van der Waals surface area contributed by atoms with Gasteiger partial charge in [0.1, 0.15) is 5.78 Å². The number of carbonyl (C=O) groups excluding carboxylic acids is 1. The van der Waals surface area contributed by atoms with Gasteiger partial charge in [-0.3, -0.25) is 9.69 Å². The lowest BCUT2D eigenvalue weighted by atomic mass is 9.98. The highest BCUT2D eigenvalue weighted by atomic mass is 16.5. The molecule has 0 radical (unpaired) electrons. The normalized spacial score (nSPS) is 20.7. The van der Waals surface area contributed by atoms with E-state index in [1.165, 1.54) is 0 Å². The first-order valence-electron chi connectivity index (χ1n) is 5.54. The van der Waals surface area contributed by atoms with E-state index in [1.54, 1.807) is 6.92 Å². The van der Waals surface area contributed by atoms with Gasteiger partial charge in [-0.05, 0) is 26.3 Å². The van der Waals surface area contributed by atoms with Crippen molar-refractivity contribution in [1.29, 1.82) is 0 Å². The number of hydrogen-bond donors (Lipinski definition) is 0. The van der Waals surface area contributed by atoms with Crippen molar-refractivity contribution in [2.45, 2.75) is 26.7 Å². The van der Waals surface area contributed by atoms with Crippen molar-refractivity contribution in [2.24, 2.45) is 5.92 Å². The summed E-state index contributed by atoms with van der Waals surface area (Å²) in [5, 5.41) is 0. The summed E-state index contributed by atoms with van der Waals surface area (Å²) < 4.78 is 5.27. The number of hydrogen-bond acceptors (Lipinski definition) is 3. The summed E-state index contributed by atoms with van der Waals surface area (Å²) in [4.78, 5) is 13.6. The van der Waals surface area contributed by atoms with Crippen molar-refractivity contribution in [3.8, 4) is 0 Å². The highest BCUT2D eigenvalue weighted by Crippen LogP contribution is 2.11. The molecule has 0 spiro atoms. The van der Waals surface area contributed by atoms with Crippen molar-refractivity contribution in [1.82, 2.24) is 4.90 Å². The van der Waals surface area contributed by atoms with E-state index < -0.39 is 0 Å². The van der Waals surface area contributed by atoms with Crippen LogP contribution in [-0.2, 0) is 9.53 Å². The average molecular weight is 199 g/mol. The van der Waals surface area contributed by atoms with Gasteiger partial charge in [-0.2, -0.15) is 0 Å². The molecule has 0 aromatic rings. The van der Waals surface area contributed by atoms with Gasteiger partial charge in [0.15, 0.2) is 0 Å². The van der Waals surface area contributed by atoms with E-state index >= 15 is 0 Å². The SMILES string of the molecule is CCC(CCN1CCOCC1)C(C)=O. The number of ketones is 1. The molecule has 0 bridgehead atoms. The van der Waals surface area contributed by atoms with Crippen molar-refractivity contribution in [2.75, 3.05) is 32.8 Å². The van der Waals surface area contributed by atoms with Crippen LogP contribution in [-0.4, -0.2) is 43.5 Å². The van der Waals surface area contributed by atoms with Crippen LogP contribution in [0.15, 0.2) is 0 Å². The maximum absolute atomic E-state index is 11.2. The van der Waals surface area contributed by atoms with Crippen LogP contribution in [0.1, 0.15) is 26.7 Å². The van der Waals surface area contributed by atoms with E-state index in [-0.39, 0.29) is 5.92 Å². The van der Waals surface area contributed by atoms with Crippen molar-refractivity contribution < 1.29 is 9.53 Å². The zero-order chi connectivity index (χ0) is 10.4. The van der Waals surface area contributed by atoms with E-state index in [9.17, 15) is 4.79 Å². The number of ether oxygens (including phenoxy) is 1. The Kier molecular flexibility index (Phi) is 5.12. The second kappa shape index (κ2) is 6.14. The third-order valence-electron chi connectivity index (χ3n) is 2.97. The maximum Gasteiger partial charge on any atom is 0.132 e. The molecule has 3 nitrogen and oxygen atoms in total. The quantitative estimate of drug-likeness (QED) is 0.669. The molecule has 1 saturated heterocycles. The molecular weight excluding hydrogens is 178 g/mol.